The number of aliphatic hydroxyl groups is 1. The van der Waals surface area contributed by atoms with E-state index in [0.29, 0.717) is 0 Å². The Hall–Kier alpha value is -0.510. The van der Waals surface area contributed by atoms with E-state index in [4.69, 9.17) is 10.8 Å². The number of rotatable bonds is 5. The monoisotopic (exact) mass is 225 g/mol. The van der Waals surface area contributed by atoms with Gasteiger partial charge in [0, 0.05) is 16.2 Å². The molecule has 2 unspecified atom stereocenters. The fraction of sp³-hybridized carbons (Fsp3) is 0.500. The van der Waals surface area contributed by atoms with Crippen molar-refractivity contribution in [2.75, 3.05) is 6.61 Å². The van der Waals surface area contributed by atoms with Gasteiger partial charge in [-0.25, -0.2) is 0 Å². The van der Waals surface area contributed by atoms with E-state index in [1.165, 1.54) is 10.5 Å². The summed E-state index contributed by atoms with van der Waals surface area (Å²) in [6, 6.07) is 8.26. The van der Waals surface area contributed by atoms with Gasteiger partial charge in [0.1, 0.15) is 0 Å². The Morgan fingerprint density at radius 2 is 2.07 bits per heavy atom. The number of hydrogen-bond donors (Lipinski definition) is 2. The Morgan fingerprint density at radius 1 is 1.40 bits per heavy atom. The molecule has 0 heterocycles. The number of thioether (sulfide) groups is 1. The highest BCUT2D eigenvalue weighted by Crippen LogP contribution is 2.30. The van der Waals surface area contributed by atoms with Crippen molar-refractivity contribution < 1.29 is 5.11 Å². The van der Waals surface area contributed by atoms with Crippen molar-refractivity contribution in [2.24, 2.45) is 5.73 Å². The van der Waals surface area contributed by atoms with Crippen LogP contribution in [0, 0.1) is 0 Å². The zero-order chi connectivity index (χ0) is 11.3. The molecule has 84 valence electrons. The van der Waals surface area contributed by atoms with Gasteiger partial charge in [0.25, 0.3) is 0 Å². The van der Waals surface area contributed by atoms with Gasteiger partial charge in [-0.05, 0) is 18.1 Å². The number of nitrogens with two attached hydrogens (primary N) is 1. The standard InChI is InChI=1S/C12H19NOS/c1-3-11(13)10-6-4-5-7-12(10)15-9(2)8-14/h4-7,9,11,14H,3,8,13H2,1-2H3. The summed E-state index contributed by atoms with van der Waals surface area (Å²) >= 11 is 1.68. The summed E-state index contributed by atoms with van der Waals surface area (Å²) < 4.78 is 0. The Kier molecular flexibility index (Phi) is 5.15. The fourth-order valence-electron chi connectivity index (χ4n) is 1.37. The molecule has 0 aromatic heterocycles. The number of benzene rings is 1. The van der Waals surface area contributed by atoms with Gasteiger partial charge in [-0.1, -0.05) is 32.0 Å². The summed E-state index contributed by atoms with van der Waals surface area (Å²) in [6.45, 7) is 4.29. The molecule has 0 fully saturated rings. The zero-order valence-electron chi connectivity index (χ0n) is 9.31. The second-order valence-corrected chi connectivity index (χ2v) is 5.14. The lowest BCUT2D eigenvalue weighted by Crippen LogP contribution is -2.11. The van der Waals surface area contributed by atoms with Crippen LogP contribution in [0.3, 0.4) is 0 Å². The average molecular weight is 225 g/mol. The van der Waals surface area contributed by atoms with Gasteiger partial charge < -0.3 is 10.8 Å². The molecular formula is C12H19NOS. The molecule has 0 saturated carbocycles. The summed E-state index contributed by atoms with van der Waals surface area (Å²) in [6.07, 6.45) is 0.936. The largest absolute Gasteiger partial charge is 0.395 e. The minimum atomic E-state index is 0.0968. The van der Waals surface area contributed by atoms with Crippen LogP contribution in [0.15, 0.2) is 29.2 Å². The van der Waals surface area contributed by atoms with Crippen molar-refractivity contribution >= 4 is 11.8 Å². The average Bonchev–Trinajstić information content (AvgIpc) is 2.28. The number of aliphatic hydroxyl groups excluding tert-OH is 1. The summed E-state index contributed by atoms with van der Waals surface area (Å²) in [5, 5.41) is 9.25. The van der Waals surface area contributed by atoms with Gasteiger partial charge in [-0.15, -0.1) is 11.8 Å². The van der Waals surface area contributed by atoms with Crippen LogP contribution in [-0.4, -0.2) is 17.0 Å². The first-order valence-electron chi connectivity index (χ1n) is 5.31. The first-order valence-corrected chi connectivity index (χ1v) is 6.19. The molecule has 0 amide bonds. The molecule has 2 atom stereocenters. The van der Waals surface area contributed by atoms with Crippen molar-refractivity contribution in [2.45, 2.75) is 36.5 Å². The molecule has 1 aromatic rings. The molecule has 1 rings (SSSR count). The summed E-state index contributed by atoms with van der Waals surface area (Å²) in [5.74, 6) is 0. The maximum Gasteiger partial charge on any atom is 0.0550 e. The minimum absolute atomic E-state index is 0.0968. The van der Waals surface area contributed by atoms with Crippen molar-refractivity contribution in [3.05, 3.63) is 29.8 Å². The lowest BCUT2D eigenvalue weighted by atomic mass is 10.1. The third kappa shape index (κ3) is 3.52. The van der Waals surface area contributed by atoms with Gasteiger partial charge >= 0.3 is 0 Å². The quantitative estimate of drug-likeness (QED) is 0.757. The van der Waals surface area contributed by atoms with Gasteiger partial charge in [-0.3, -0.25) is 0 Å². The SMILES string of the molecule is CCC(N)c1ccccc1SC(C)CO. The Labute approximate surface area is 95.9 Å². The minimum Gasteiger partial charge on any atom is -0.395 e. The van der Waals surface area contributed by atoms with Gasteiger partial charge in [0.2, 0.25) is 0 Å². The first-order chi connectivity index (χ1) is 7.19. The number of hydrogen-bond acceptors (Lipinski definition) is 3. The predicted octanol–water partition coefficient (Wildman–Crippen LogP) is 2.57. The van der Waals surface area contributed by atoms with Crippen molar-refractivity contribution in [1.82, 2.24) is 0 Å². The van der Waals surface area contributed by atoms with Crippen LogP contribution in [0.1, 0.15) is 31.9 Å². The summed E-state index contributed by atoms with van der Waals surface area (Å²) in [7, 11) is 0. The van der Waals surface area contributed by atoms with E-state index in [1.807, 2.05) is 19.1 Å². The Bertz CT molecular complexity index is 303. The molecule has 0 bridgehead atoms. The highest BCUT2D eigenvalue weighted by atomic mass is 32.2. The first kappa shape index (κ1) is 12.6. The normalized spacial score (nSPS) is 14.9. The van der Waals surface area contributed by atoms with E-state index in [2.05, 4.69) is 19.1 Å². The fourth-order valence-corrected chi connectivity index (χ4v) is 2.39. The molecule has 2 nitrogen and oxygen atoms in total. The smallest absolute Gasteiger partial charge is 0.0550 e. The zero-order valence-corrected chi connectivity index (χ0v) is 10.1. The molecule has 0 radical (unpaired) electrons. The van der Waals surface area contributed by atoms with E-state index in [-0.39, 0.29) is 17.9 Å². The molecule has 15 heavy (non-hydrogen) atoms. The van der Waals surface area contributed by atoms with Gasteiger partial charge in [0.15, 0.2) is 0 Å². The van der Waals surface area contributed by atoms with Crippen LogP contribution >= 0.6 is 11.8 Å². The molecule has 0 saturated heterocycles. The topological polar surface area (TPSA) is 46.2 Å². The maximum absolute atomic E-state index is 9.03. The van der Waals surface area contributed by atoms with Crippen LogP contribution in [0.25, 0.3) is 0 Å². The third-order valence-electron chi connectivity index (χ3n) is 2.34. The summed E-state index contributed by atoms with van der Waals surface area (Å²) in [5.41, 5.74) is 7.22. The van der Waals surface area contributed by atoms with Crippen LogP contribution < -0.4 is 5.73 Å². The predicted molar refractivity (Wildman–Crippen MR) is 66.1 cm³/mol. The van der Waals surface area contributed by atoms with Crippen molar-refractivity contribution in [3.63, 3.8) is 0 Å². The molecule has 0 aliphatic carbocycles. The van der Waals surface area contributed by atoms with Crippen LogP contribution in [0.5, 0.6) is 0 Å². The lowest BCUT2D eigenvalue weighted by molar-refractivity contribution is 0.300. The van der Waals surface area contributed by atoms with Gasteiger partial charge in [-0.2, -0.15) is 0 Å². The second kappa shape index (κ2) is 6.16. The van der Waals surface area contributed by atoms with E-state index >= 15 is 0 Å². The Balaban J connectivity index is 2.86. The Morgan fingerprint density at radius 3 is 2.67 bits per heavy atom. The highest BCUT2D eigenvalue weighted by Gasteiger charge is 2.11. The molecule has 1 aromatic carbocycles. The second-order valence-electron chi connectivity index (χ2n) is 3.66. The highest BCUT2D eigenvalue weighted by molar-refractivity contribution is 8.00. The van der Waals surface area contributed by atoms with E-state index in [1.54, 1.807) is 11.8 Å². The van der Waals surface area contributed by atoms with Crippen molar-refractivity contribution in [3.8, 4) is 0 Å². The molecule has 3 heteroatoms. The van der Waals surface area contributed by atoms with Crippen LogP contribution in [0.4, 0.5) is 0 Å². The van der Waals surface area contributed by atoms with Gasteiger partial charge in [0.05, 0.1) is 6.61 Å². The molecule has 0 spiro atoms. The maximum atomic E-state index is 9.03. The molecular weight excluding hydrogens is 206 g/mol. The van der Waals surface area contributed by atoms with Crippen molar-refractivity contribution in [1.29, 1.82) is 0 Å². The van der Waals surface area contributed by atoms with Crippen LogP contribution in [0.2, 0.25) is 0 Å². The molecule has 0 aliphatic heterocycles. The summed E-state index contributed by atoms with van der Waals surface area (Å²) in [4.78, 5) is 1.19. The third-order valence-corrected chi connectivity index (χ3v) is 3.52. The lowest BCUT2D eigenvalue weighted by Gasteiger charge is -2.16. The molecule has 3 N–H and O–H groups in total. The van der Waals surface area contributed by atoms with E-state index in [0.717, 1.165) is 6.42 Å². The van der Waals surface area contributed by atoms with Crippen LogP contribution in [-0.2, 0) is 0 Å². The van der Waals surface area contributed by atoms with E-state index < -0.39 is 0 Å². The van der Waals surface area contributed by atoms with E-state index in [9.17, 15) is 0 Å². The molecule has 0 aliphatic rings.